The highest BCUT2D eigenvalue weighted by Crippen LogP contribution is 2.19. The van der Waals surface area contributed by atoms with Gasteiger partial charge in [-0.05, 0) is 20.0 Å². The van der Waals surface area contributed by atoms with Crippen molar-refractivity contribution in [2.24, 2.45) is 0 Å². The van der Waals surface area contributed by atoms with Crippen molar-refractivity contribution in [1.82, 2.24) is 14.9 Å². The molecule has 0 aliphatic heterocycles. The molecule has 0 N–H and O–H groups in total. The van der Waals surface area contributed by atoms with Gasteiger partial charge >= 0.3 is 0 Å². The van der Waals surface area contributed by atoms with E-state index in [0.717, 1.165) is 30.4 Å². The quantitative estimate of drug-likeness (QED) is 0.518. The molecular formula is C13H22ClN3OS. The molecule has 0 spiro atoms. The molecule has 108 valence electrons. The highest BCUT2D eigenvalue weighted by molar-refractivity contribution is 7.99. The minimum Gasteiger partial charge on any atom is -0.374 e. The van der Waals surface area contributed by atoms with Crippen LogP contribution in [0.4, 0.5) is 0 Å². The fourth-order valence-electron chi connectivity index (χ4n) is 1.59. The molecule has 1 rings (SSSR count). The van der Waals surface area contributed by atoms with Gasteiger partial charge in [-0.3, -0.25) is 0 Å². The van der Waals surface area contributed by atoms with E-state index in [9.17, 15) is 0 Å². The third kappa shape index (κ3) is 6.56. The second-order valence-corrected chi connectivity index (χ2v) is 5.46. The maximum atomic E-state index is 5.99. The molecule has 0 aliphatic rings. The molecule has 0 radical (unpaired) electrons. The average Bonchev–Trinajstić information content (AvgIpc) is 2.41. The first-order valence-electron chi connectivity index (χ1n) is 6.65. The van der Waals surface area contributed by atoms with Gasteiger partial charge < -0.3 is 9.64 Å². The van der Waals surface area contributed by atoms with Gasteiger partial charge in [-0.1, -0.05) is 25.4 Å². The lowest BCUT2D eigenvalue weighted by Crippen LogP contribution is -2.25. The summed E-state index contributed by atoms with van der Waals surface area (Å²) in [7, 11) is 0. The molecule has 0 fully saturated rings. The van der Waals surface area contributed by atoms with Gasteiger partial charge in [0.05, 0.1) is 0 Å². The van der Waals surface area contributed by atoms with Crippen LogP contribution in [0.25, 0.3) is 0 Å². The van der Waals surface area contributed by atoms with E-state index in [1.54, 1.807) is 11.8 Å². The lowest BCUT2D eigenvalue weighted by molar-refractivity contribution is 0.128. The van der Waals surface area contributed by atoms with Crippen LogP contribution < -0.4 is 0 Å². The van der Waals surface area contributed by atoms with Crippen molar-refractivity contribution in [1.29, 1.82) is 0 Å². The number of halogens is 1. The Balaban J connectivity index is 2.50. The van der Waals surface area contributed by atoms with Gasteiger partial charge in [0.2, 0.25) is 0 Å². The van der Waals surface area contributed by atoms with Crippen LogP contribution in [0.5, 0.6) is 0 Å². The van der Waals surface area contributed by atoms with Crippen LogP contribution in [0.15, 0.2) is 11.1 Å². The van der Waals surface area contributed by atoms with Gasteiger partial charge in [-0.2, -0.15) is 0 Å². The Kier molecular flexibility index (Phi) is 8.37. The summed E-state index contributed by atoms with van der Waals surface area (Å²) in [4.78, 5) is 11.0. The number of aromatic nitrogens is 2. The van der Waals surface area contributed by atoms with Gasteiger partial charge in [0.25, 0.3) is 0 Å². The summed E-state index contributed by atoms with van der Waals surface area (Å²) in [5.74, 6) is 1.66. The van der Waals surface area contributed by atoms with Crippen molar-refractivity contribution in [3.8, 4) is 0 Å². The predicted molar refractivity (Wildman–Crippen MR) is 80.9 cm³/mol. The molecule has 1 aromatic rings. The van der Waals surface area contributed by atoms with E-state index in [1.165, 1.54) is 0 Å². The van der Waals surface area contributed by atoms with Crippen LogP contribution >= 0.6 is 23.4 Å². The zero-order valence-electron chi connectivity index (χ0n) is 11.9. The van der Waals surface area contributed by atoms with Crippen molar-refractivity contribution in [3.63, 3.8) is 0 Å². The van der Waals surface area contributed by atoms with Crippen LogP contribution in [0, 0.1) is 0 Å². The molecule has 1 aromatic heterocycles. The molecule has 0 aromatic carbocycles. The summed E-state index contributed by atoms with van der Waals surface area (Å²) in [6.45, 7) is 10.6. The Bertz CT molecular complexity index is 375. The summed E-state index contributed by atoms with van der Waals surface area (Å²) in [5.41, 5.74) is 0. The highest BCUT2D eigenvalue weighted by Gasteiger charge is 2.05. The van der Waals surface area contributed by atoms with Crippen molar-refractivity contribution < 1.29 is 4.74 Å². The third-order valence-electron chi connectivity index (χ3n) is 2.70. The summed E-state index contributed by atoms with van der Waals surface area (Å²) >= 11 is 7.70. The predicted octanol–water partition coefficient (Wildman–Crippen LogP) is 3.10. The van der Waals surface area contributed by atoms with E-state index < -0.39 is 0 Å². The van der Waals surface area contributed by atoms with Gasteiger partial charge in [-0.25, -0.2) is 9.97 Å². The third-order valence-corrected chi connectivity index (χ3v) is 3.79. The molecule has 0 bridgehead atoms. The number of rotatable bonds is 9. The Labute approximate surface area is 124 Å². The Morgan fingerprint density at radius 1 is 1.26 bits per heavy atom. The average molecular weight is 304 g/mol. The van der Waals surface area contributed by atoms with Crippen LogP contribution in [0.2, 0.25) is 5.15 Å². The molecule has 6 heteroatoms. The molecule has 0 saturated heterocycles. The van der Waals surface area contributed by atoms with E-state index in [1.807, 2.05) is 13.0 Å². The molecule has 0 amide bonds. The molecule has 4 nitrogen and oxygen atoms in total. The van der Waals surface area contributed by atoms with Crippen LogP contribution in [-0.2, 0) is 11.3 Å². The molecular weight excluding hydrogens is 282 g/mol. The smallest absolute Gasteiger partial charge is 0.156 e. The van der Waals surface area contributed by atoms with E-state index in [0.29, 0.717) is 24.2 Å². The second-order valence-electron chi connectivity index (χ2n) is 3.96. The Morgan fingerprint density at radius 2 is 2.00 bits per heavy atom. The zero-order valence-corrected chi connectivity index (χ0v) is 13.4. The fraction of sp³-hybridized carbons (Fsp3) is 0.692. The van der Waals surface area contributed by atoms with Crippen LogP contribution in [0.1, 0.15) is 26.6 Å². The van der Waals surface area contributed by atoms with Crippen LogP contribution in [-0.4, -0.2) is 46.9 Å². The SMILES string of the molecule is CCOCc1nc(Cl)cc(SCCN(CC)CC)n1. The normalized spacial score (nSPS) is 11.2. The number of hydrogen-bond acceptors (Lipinski definition) is 5. The van der Waals surface area contributed by atoms with E-state index in [2.05, 4.69) is 28.7 Å². The molecule has 0 aliphatic carbocycles. The topological polar surface area (TPSA) is 38.2 Å². The second kappa shape index (κ2) is 9.53. The van der Waals surface area contributed by atoms with Crippen molar-refractivity contribution in [2.45, 2.75) is 32.4 Å². The largest absolute Gasteiger partial charge is 0.374 e. The monoisotopic (exact) mass is 303 g/mol. The fourth-order valence-corrected chi connectivity index (χ4v) is 2.78. The summed E-state index contributed by atoms with van der Waals surface area (Å²) in [6.07, 6.45) is 0. The lowest BCUT2D eigenvalue weighted by Gasteiger charge is -2.17. The molecule has 0 saturated carbocycles. The van der Waals surface area contributed by atoms with Gasteiger partial charge in [-0.15, -0.1) is 11.8 Å². The minimum absolute atomic E-state index is 0.417. The molecule has 0 atom stereocenters. The van der Waals surface area contributed by atoms with Crippen molar-refractivity contribution >= 4 is 23.4 Å². The van der Waals surface area contributed by atoms with Crippen LogP contribution in [0.3, 0.4) is 0 Å². The van der Waals surface area contributed by atoms with Gasteiger partial charge in [0, 0.05) is 25.0 Å². The zero-order chi connectivity index (χ0) is 14.1. The molecule has 19 heavy (non-hydrogen) atoms. The first-order chi connectivity index (χ1) is 9.19. The van der Waals surface area contributed by atoms with E-state index >= 15 is 0 Å². The summed E-state index contributed by atoms with van der Waals surface area (Å²) < 4.78 is 5.31. The van der Waals surface area contributed by atoms with E-state index in [-0.39, 0.29) is 0 Å². The number of thioether (sulfide) groups is 1. The molecule has 0 unspecified atom stereocenters. The number of hydrogen-bond donors (Lipinski definition) is 0. The minimum atomic E-state index is 0.417. The maximum absolute atomic E-state index is 5.99. The first kappa shape index (κ1) is 16.7. The number of nitrogens with zero attached hydrogens (tertiary/aromatic N) is 3. The van der Waals surface area contributed by atoms with Crippen molar-refractivity contribution in [3.05, 3.63) is 17.0 Å². The maximum Gasteiger partial charge on any atom is 0.156 e. The number of ether oxygens (including phenoxy) is 1. The van der Waals surface area contributed by atoms with Gasteiger partial charge in [0.15, 0.2) is 5.82 Å². The lowest BCUT2D eigenvalue weighted by atomic mass is 10.5. The standard InChI is InChI=1S/C13H22ClN3OS/c1-4-17(5-2)7-8-19-13-9-11(14)15-12(16-13)10-18-6-3/h9H,4-8,10H2,1-3H3. The summed E-state index contributed by atoms with van der Waals surface area (Å²) in [5, 5.41) is 1.40. The van der Waals surface area contributed by atoms with E-state index in [4.69, 9.17) is 16.3 Å². The summed E-state index contributed by atoms with van der Waals surface area (Å²) in [6, 6.07) is 1.81. The Hall–Kier alpha value is -0.360. The van der Waals surface area contributed by atoms with Gasteiger partial charge in [0.1, 0.15) is 16.8 Å². The van der Waals surface area contributed by atoms with Crippen molar-refractivity contribution in [2.75, 3.05) is 32.0 Å². The molecule has 1 heterocycles. The first-order valence-corrected chi connectivity index (χ1v) is 8.02. The Morgan fingerprint density at radius 3 is 2.63 bits per heavy atom. The highest BCUT2D eigenvalue weighted by atomic mass is 35.5.